The summed E-state index contributed by atoms with van der Waals surface area (Å²) in [6.45, 7) is 6.17. The molecule has 3 rings (SSSR count). The van der Waals surface area contributed by atoms with Crippen molar-refractivity contribution in [1.82, 2.24) is 10.2 Å². The smallest absolute Gasteiger partial charge is 0.0178 e. The number of piperidine rings is 1. The van der Waals surface area contributed by atoms with E-state index >= 15 is 0 Å². The lowest BCUT2D eigenvalue weighted by Gasteiger charge is -2.39. The Morgan fingerprint density at radius 1 is 1.24 bits per heavy atom. The first kappa shape index (κ1) is 15.5. The van der Waals surface area contributed by atoms with E-state index in [9.17, 15) is 0 Å². The van der Waals surface area contributed by atoms with Crippen LogP contribution in [0.25, 0.3) is 0 Å². The van der Waals surface area contributed by atoms with Crippen molar-refractivity contribution in [2.45, 2.75) is 57.0 Å². The highest BCUT2D eigenvalue weighted by atomic mass is 79.9. The van der Waals surface area contributed by atoms with Gasteiger partial charge in [-0.15, -0.1) is 0 Å². The number of likely N-dealkylation sites (tertiary alicyclic amines) is 1. The second-order valence-electron chi connectivity index (χ2n) is 6.85. The maximum Gasteiger partial charge on any atom is 0.0178 e. The van der Waals surface area contributed by atoms with Gasteiger partial charge in [-0.2, -0.15) is 0 Å². The first-order chi connectivity index (χ1) is 10.2. The van der Waals surface area contributed by atoms with Crippen LogP contribution in [0.4, 0.5) is 0 Å². The Kier molecular flexibility index (Phi) is 5.36. The van der Waals surface area contributed by atoms with Gasteiger partial charge in [0, 0.05) is 23.1 Å². The largest absolute Gasteiger partial charge is 0.310 e. The zero-order valence-electron chi connectivity index (χ0n) is 13.0. The minimum atomic E-state index is 0.622. The molecular weight excluding hydrogens is 324 g/mol. The summed E-state index contributed by atoms with van der Waals surface area (Å²) in [6, 6.07) is 10.1. The molecule has 1 aromatic rings. The van der Waals surface area contributed by atoms with Gasteiger partial charge in [-0.3, -0.25) is 0 Å². The summed E-state index contributed by atoms with van der Waals surface area (Å²) < 4.78 is 1.20. The van der Waals surface area contributed by atoms with Gasteiger partial charge in [0.25, 0.3) is 0 Å². The van der Waals surface area contributed by atoms with E-state index in [4.69, 9.17) is 0 Å². The quantitative estimate of drug-likeness (QED) is 0.857. The summed E-state index contributed by atoms with van der Waals surface area (Å²) in [5.74, 6) is 0.752. The number of rotatable bonds is 5. The molecule has 3 heteroatoms. The fraction of sp³-hybridized carbons (Fsp3) is 0.667. The van der Waals surface area contributed by atoms with Gasteiger partial charge in [-0.05, 0) is 69.3 Å². The molecule has 0 aromatic heterocycles. The Hall–Kier alpha value is -0.380. The Bertz CT molecular complexity index is 450. The molecule has 2 nitrogen and oxygen atoms in total. The third kappa shape index (κ3) is 4.30. The van der Waals surface area contributed by atoms with E-state index in [2.05, 4.69) is 57.3 Å². The molecule has 1 saturated carbocycles. The highest BCUT2D eigenvalue weighted by Gasteiger charge is 2.31. The molecular formula is C18H27BrN2. The molecule has 0 radical (unpaired) electrons. The molecule has 0 amide bonds. The average molecular weight is 351 g/mol. The van der Waals surface area contributed by atoms with Crippen LogP contribution in [0.15, 0.2) is 28.7 Å². The van der Waals surface area contributed by atoms with E-state index in [1.54, 1.807) is 0 Å². The van der Waals surface area contributed by atoms with Gasteiger partial charge in [0.05, 0.1) is 0 Å². The van der Waals surface area contributed by atoms with Crippen LogP contribution in [-0.4, -0.2) is 36.6 Å². The van der Waals surface area contributed by atoms with Crippen molar-refractivity contribution in [3.05, 3.63) is 34.3 Å². The van der Waals surface area contributed by atoms with Gasteiger partial charge in [-0.25, -0.2) is 0 Å². The van der Waals surface area contributed by atoms with Crippen molar-refractivity contribution in [3.8, 4) is 0 Å². The topological polar surface area (TPSA) is 15.3 Å². The lowest BCUT2D eigenvalue weighted by Crippen LogP contribution is -2.49. The molecule has 116 valence electrons. The van der Waals surface area contributed by atoms with Gasteiger partial charge in [-0.1, -0.05) is 34.5 Å². The minimum absolute atomic E-state index is 0.622. The number of hydrogen-bond acceptors (Lipinski definition) is 2. The van der Waals surface area contributed by atoms with Crippen molar-refractivity contribution in [3.63, 3.8) is 0 Å². The standard InChI is InChI=1S/C18H27BrN2/c1-14(13-21-8-3-2-4-9-21)20-18-11-16(12-18)15-6-5-7-17(19)10-15/h5-7,10,14,16,18,20H,2-4,8-9,11-13H2,1H3. The van der Waals surface area contributed by atoms with Crippen LogP contribution in [0.3, 0.4) is 0 Å². The fourth-order valence-electron chi connectivity index (χ4n) is 3.77. The molecule has 2 aliphatic rings. The summed E-state index contributed by atoms with van der Waals surface area (Å²) in [6.07, 6.45) is 6.79. The van der Waals surface area contributed by atoms with Crippen molar-refractivity contribution >= 4 is 15.9 Å². The Balaban J connectivity index is 1.40. The van der Waals surface area contributed by atoms with Crippen LogP contribution in [0.1, 0.15) is 50.5 Å². The van der Waals surface area contributed by atoms with Crippen molar-refractivity contribution in [2.75, 3.05) is 19.6 Å². The summed E-state index contributed by atoms with van der Waals surface area (Å²) in [4.78, 5) is 2.63. The van der Waals surface area contributed by atoms with Gasteiger partial charge in [0.2, 0.25) is 0 Å². The summed E-state index contributed by atoms with van der Waals surface area (Å²) in [5, 5.41) is 3.82. The number of halogens is 1. The molecule has 1 aliphatic heterocycles. The molecule has 1 atom stereocenters. The van der Waals surface area contributed by atoms with Gasteiger partial charge in [0.15, 0.2) is 0 Å². The molecule has 0 spiro atoms. The van der Waals surface area contributed by atoms with Gasteiger partial charge < -0.3 is 10.2 Å². The van der Waals surface area contributed by atoms with Crippen molar-refractivity contribution in [1.29, 1.82) is 0 Å². The van der Waals surface area contributed by atoms with Crippen LogP contribution in [0.2, 0.25) is 0 Å². The third-order valence-electron chi connectivity index (χ3n) is 4.96. The number of nitrogens with one attached hydrogen (secondary N) is 1. The van der Waals surface area contributed by atoms with Gasteiger partial charge in [0.1, 0.15) is 0 Å². The number of benzene rings is 1. The Morgan fingerprint density at radius 2 is 2.00 bits per heavy atom. The third-order valence-corrected chi connectivity index (χ3v) is 5.45. The summed E-state index contributed by atoms with van der Waals surface area (Å²) in [7, 11) is 0. The van der Waals surface area contributed by atoms with E-state index in [1.807, 2.05) is 0 Å². The van der Waals surface area contributed by atoms with E-state index in [-0.39, 0.29) is 0 Å². The fourth-order valence-corrected chi connectivity index (χ4v) is 4.19. The van der Waals surface area contributed by atoms with Gasteiger partial charge >= 0.3 is 0 Å². The second kappa shape index (κ2) is 7.26. The maximum atomic E-state index is 3.82. The molecule has 1 N–H and O–H groups in total. The number of hydrogen-bond donors (Lipinski definition) is 1. The van der Waals surface area contributed by atoms with E-state index < -0.39 is 0 Å². The first-order valence-corrected chi connectivity index (χ1v) is 9.24. The summed E-state index contributed by atoms with van der Waals surface area (Å²) >= 11 is 3.57. The highest BCUT2D eigenvalue weighted by Crippen LogP contribution is 2.37. The molecule has 1 unspecified atom stereocenters. The predicted octanol–water partition coefficient (Wildman–Crippen LogP) is 4.16. The summed E-state index contributed by atoms with van der Waals surface area (Å²) in [5.41, 5.74) is 1.49. The zero-order chi connectivity index (χ0) is 14.7. The second-order valence-corrected chi connectivity index (χ2v) is 7.76. The lowest BCUT2D eigenvalue weighted by atomic mass is 9.75. The normalized spacial score (nSPS) is 28.1. The first-order valence-electron chi connectivity index (χ1n) is 8.44. The van der Waals surface area contributed by atoms with E-state index in [0.29, 0.717) is 12.1 Å². The predicted molar refractivity (Wildman–Crippen MR) is 92.8 cm³/mol. The molecule has 0 bridgehead atoms. The van der Waals surface area contributed by atoms with E-state index in [1.165, 1.54) is 61.8 Å². The highest BCUT2D eigenvalue weighted by molar-refractivity contribution is 9.10. The maximum absolute atomic E-state index is 3.82. The zero-order valence-corrected chi connectivity index (χ0v) is 14.6. The molecule has 1 saturated heterocycles. The van der Waals surface area contributed by atoms with Crippen molar-refractivity contribution < 1.29 is 0 Å². The molecule has 1 aromatic carbocycles. The Labute approximate surface area is 137 Å². The molecule has 21 heavy (non-hydrogen) atoms. The monoisotopic (exact) mass is 350 g/mol. The average Bonchev–Trinajstić information content (AvgIpc) is 2.43. The van der Waals surface area contributed by atoms with Crippen molar-refractivity contribution in [2.24, 2.45) is 0 Å². The van der Waals surface area contributed by atoms with Crippen LogP contribution >= 0.6 is 15.9 Å². The Morgan fingerprint density at radius 3 is 2.71 bits per heavy atom. The van der Waals surface area contributed by atoms with Crippen LogP contribution < -0.4 is 5.32 Å². The lowest BCUT2D eigenvalue weighted by molar-refractivity contribution is 0.187. The van der Waals surface area contributed by atoms with Crippen LogP contribution in [-0.2, 0) is 0 Å². The molecule has 1 heterocycles. The van der Waals surface area contributed by atoms with E-state index in [0.717, 1.165) is 5.92 Å². The van der Waals surface area contributed by atoms with Crippen LogP contribution in [0, 0.1) is 0 Å². The number of nitrogens with zero attached hydrogens (tertiary/aromatic N) is 1. The molecule has 2 fully saturated rings. The molecule has 1 aliphatic carbocycles. The minimum Gasteiger partial charge on any atom is -0.310 e. The SMILES string of the molecule is CC(CN1CCCCC1)NC1CC(c2cccc(Br)c2)C1. The van der Waals surface area contributed by atoms with Crippen LogP contribution in [0.5, 0.6) is 0 Å².